The van der Waals surface area contributed by atoms with Crippen molar-refractivity contribution < 1.29 is 9.59 Å². The van der Waals surface area contributed by atoms with E-state index in [1.165, 1.54) is 10.3 Å². The van der Waals surface area contributed by atoms with E-state index in [2.05, 4.69) is 15.4 Å². The van der Waals surface area contributed by atoms with Crippen LogP contribution in [-0.4, -0.2) is 27.3 Å². The molecule has 0 saturated heterocycles. The lowest BCUT2D eigenvalue weighted by Gasteiger charge is -2.28. The number of nitrogens with one attached hydrogen (secondary N) is 1. The van der Waals surface area contributed by atoms with Crippen LogP contribution in [0.15, 0.2) is 58.5 Å². The van der Waals surface area contributed by atoms with Crippen LogP contribution in [0.25, 0.3) is 0 Å². The number of hydrogen-bond acceptors (Lipinski definition) is 3. The maximum absolute atomic E-state index is 12.1. The number of carbonyl (C=O) groups excluding carboxylic acids is 2. The molecule has 3 aliphatic rings. The largest absolute Gasteiger partial charge is 0.325 e. The lowest BCUT2D eigenvalue weighted by molar-refractivity contribution is -0.118. The van der Waals surface area contributed by atoms with Crippen molar-refractivity contribution in [2.75, 3.05) is 0 Å². The van der Waals surface area contributed by atoms with E-state index in [9.17, 15) is 9.59 Å². The summed E-state index contributed by atoms with van der Waals surface area (Å²) >= 11 is 0. The Morgan fingerprint density at radius 3 is 3.17 bits per heavy atom. The van der Waals surface area contributed by atoms with Crippen molar-refractivity contribution in [1.29, 1.82) is 0 Å². The Morgan fingerprint density at radius 1 is 1.43 bits per heavy atom. The molecule has 1 aliphatic heterocycles. The van der Waals surface area contributed by atoms with E-state index in [0.717, 1.165) is 30.5 Å². The summed E-state index contributed by atoms with van der Waals surface area (Å²) in [6.07, 6.45) is 11.9. The van der Waals surface area contributed by atoms with Gasteiger partial charge < -0.3 is 5.32 Å². The first-order chi connectivity index (χ1) is 11.2. The first kappa shape index (κ1) is 13.9. The first-order valence-corrected chi connectivity index (χ1v) is 7.73. The molecule has 2 amide bonds. The minimum absolute atomic E-state index is 0.00230. The molecule has 1 atom stereocenters. The maximum atomic E-state index is 12.1. The molecule has 1 aromatic heterocycles. The number of rotatable bonds is 2. The Morgan fingerprint density at radius 2 is 2.35 bits per heavy atom. The molecule has 1 unspecified atom stereocenters. The van der Waals surface area contributed by atoms with Crippen molar-refractivity contribution in [3.63, 3.8) is 0 Å². The van der Waals surface area contributed by atoms with Crippen LogP contribution >= 0.6 is 0 Å². The highest BCUT2D eigenvalue weighted by Crippen LogP contribution is 2.39. The number of allylic oxidation sites excluding steroid dienone is 3. The maximum Gasteiger partial charge on any atom is 0.267 e. The highest BCUT2D eigenvalue weighted by molar-refractivity contribution is 6.11. The van der Waals surface area contributed by atoms with Gasteiger partial charge in [0.1, 0.15) is 6.54 Å². The molecule has 1 aromatic rings. The van der Waals surface area contributed by atoms with E-state index in [4.69, 9.17) is 0 Å². The Balaban J connectivity index is 1.56. The van der Waals surface area contributed by atoms with Crippen LogP contribution in [0.2, 0.25) is 0 Å². The zero-order chi connectivity index (χ0) is 15.8. The van der Waals surface area contributed by atoms with Crippen molar-refractivity contribution >= 4 is 17.5 Å². The normalized spacial score (nSPS) is 24.3. The van der Waals surface area contributed by atoms with Gasteiger partial charge in [-0.15, -0.1) is 0 Å². The molecule has 23 heavy (non-hydrogen) atoms. The van der Waals surface area contributed by atoms with Gasteiger partial charge in [0.2, 0.25) is 0 Å². The van der Waals surface area contributed by atoms with Crippen LogP contribution in [0.1, 0.15) is 19.3 Å². The lowest BCUT2D eigenvalue weighted by atomic mass is 9.85. The molecule has 0 spiro atoms. The summed E-state index contributed by atoms with van der Waals surface area (Å²) in [5, 5.41) is 6.93. The average Bonchev–Trinajstić information content (AvgIpc) is 3.18. The molecular weight excluding hydrogens is 292 g/mol. The molecule has 0 saturated carbocycles. The molecule has 6 heteroatoms. The highest BCUT2D eigenvalue weighted by Gasteiger charge is 2.34. The number of nitrogens with zero attached hydrogens (tertiary/aromatic N) is 3. The van der Waals surface area contributed by atoms with Gasteiger partial charge in [-0.05, 0) is 43.1 Å². The van der Waals surface area contributed by atoms with Crippen LogP contribution < -0.4 is 5.32 Å². The third-order valence-corrected chi connectivity index (χ3v) is 4.38. The van der Waals surface area contributed by atoms with Crippen LogP contribution in [0.3, 0.4) is 0 Å². The third kappa shape index (κ3) is 2.56. The van der Waals surface area contributed by atoms with Crippen LogP contribution in [0.5, 0.6) is 0 Å². The van der Waals surface area contributed by atoms with Crippen molar-refractivity contribution in [3.8, 4) is 0 Å². The Hall–Kier alpha value is -2.76. The minimum Gasteiger partial charge on any atom is -0.325 e. The van der Waals surface area contributed by atoms with Gasteiger partial charge >= 0.3 is 0 Å². The summed E-state index contributed by atoms with van der Waals surface area (Å²) in [5.74, 6) is -0.144. The van der Waals surface area contributed by atoms with Gasteiger partial charge in [0, 0.05) is 29.6 Å². The molecule has 6 nitrogen and oxygen atoms in total. The van der Waals surface area contributed by atoms with E-state index in [0.29, 0.717) is 5.71 Å². The van der Waals surface area contributed by atoms with Crippen LogP contribution in [-0.2, 0) is 16.1 Å². The average molecular weight is 308 g/mol. The zero-order valence-corrected chi connectivity index (χ0v) is 12.5. The molecule has 0 bridgehead atoms. The molecular formula is C17H16N4O2. The topological polar surface area (TPSA) is 76.3 Å². The summed E-state index contributed by atoms with van der Waals surface area (Å²) in [6, 6.07) is 1.76. The van der Waals surface area contributed by atoms with Gasteiger partial charge in [-0.3, -0.25) is 14.3 Å². The van der Waals surface area contributed by atoms with E-state index < -0.39 is 0 Å². The number of aliphatic imine (C=N–C) groups is 1. The third-order valence-electron chi connectivity index (χ3n) is 4.38. The van der Waals surface area contributed by atoms with E-state index in [-0.39, 0.29) is 24.3 Å². The predicted octanol–water partition coefficient (Wildman–Crippen LogP) is 1.53. The van der Waals surface area contributed by atoms with Gasteiger partial charge in [-0.2, -0.15) is 5.10 Å². The second-order valence-corrected chi connectivity index (χ2v) is 5.88. The molecule has 2 heterocycles. The molecule has 2 aliphatic carbocycles. The fourth-order valence-electron chi connectivity index (χ4n) is 3.37. The number of amides is 2. The van der Waals surface area contributed by atoms with Crippen molar-refractivity contribution in [2.45, 2.75) is 25.8 Å². The molecule has 4 rings (SSSR count). The van der Waals surface area contributed by atoms with E-state index in [1.807, 2.05) is 12.2 Å². The molecule has 0 fully saturated rings. The van der Waals surface area contributed by atoms with Crippen LogP contribution in [0.4, 0.5) is 0 Å². The number of carbonyl (C=O) groups is 2. The second-order valence-electron chi connectivity index (χ2n) is 5.88. The standard InChI is InChI=1S/C17H16N4O2/c22-16(10-21-8-2-7-18-21)19-11-5-6-13-12-3-1-4-14(12)17(23)20-15(13)9-11/h2,5-9,13H,1,3-4,10H2,(H,20,23). The number of hydrogen-bond donors (Lipinski definition) is 1. The fraction of sp³-hybridized carbons (Fsp3) is 0.294. The molecule has 116 valence electrons. The Bertz CT molecular complexity index is 797. The van der Waals surface area contributed by atoms with Crippen molar-refractivity contribution in [2.24, 2.45) is 10.9 Å². The molecule has 0 radical (unpaired) electrons. The van der Waals surface area contributed by atoms with Gasteiger partial charge in [-0.25, -0.2) is 4.99 Å². The lowest BCUT2D eigenvalue weighted by Crippen LogP contribution is -2.35. The van der Waals surface area contributed by atoms with Gasteiger partial charge in [-0.1, -0.05) is 6.08 Å². The van der Waals surface area contributed by atoms with E-state index in [1.54, 1.807) is 24.5 Å². The summed E-state index contributed by atoms with van der Waals surface area (Å²) < 4.78 is 1.53. The summed E-state index contributed by atoms with van der Waals surface area (Å²) in [6.45, 7) is 0.110. The van der Waals surface area contributed by atoms with Crippen molar-refractivity contribution in [3.05, 3.63) is 53.5 Å². The Kier molecular flexibility index (Phi) is 3.29. The monoisotopic (exact) mass is 308 g/mol. The SMILES string of the molecule is O=C(Cn1cccn1)N=C1C=CC2C(=C1)NC(=O)C1=C2CCC1. The highest BCUT2D eigenvalue weighted by atomic mass is 16.2. The number of aromatic nitrogens is 2. The van der Waals surface area contributed by atoms with Gasteiger partial charge in [0.25, 0.3) is 11.8 Å². The second kappa shape index (κ2) is 5.46. The Labute approximate surface area is 133 Å². The quantitative estimate of drug-likeness (QED) is 0.900. The predicted molar refractivity (Wildman–Crippen MR) is 84.4 cm³/mol. The van der Waals surface area contributed by atoms with Crippen LogP contribution in [0, 0.1) is 5.92 Å². The smallest absolute Gasteiger partial charge is 0.267 e. The zero-order valence-electron chi connectivity index (χ0n) is 12.5. The van der Waals surface area contributed by atoms with Gasteiger partial charge in [0.15, 0.2) is 0 Å². The number of fused-ring (bicyclic) bond motifs is 2. The van der Waals surface area contributed by atoms with Gasteiger partial charge in [0.05, 0.1) is 5.71 Å². The van der Waals surface area contributed by atoms with E-state index >= 15 is 0 Å². The minimum atomic E-state index is -0.272. The summed E-state index contributed by atoms with van der Waals surface area (Å²) in [5.41, 5.74) is 3.55. The van der Waals surface area contributed by atoms with Crippen molar-refractivity contribution in [1.82, 2.24) is 15.1 Å². The first-order valence-electron chi connectivity index (χ1n) is 7.73. The summed E-state index contributed by atoms with van der Waals surface area (Å²) in [7, 11) is 0. The summed E-state index contributed by atoms with van der Waals surface area (Å²) in [4.78, 5) is 28.2. The fourth-order valence-corrected chi connectivity index (χ4v) is 3.37. The molecule has 1 N–H and O–H groups in total. The molecule has 0 aromatic carbocycles.